The number of rotatable bonds is 2. The van der Waals surface area contributed by atoms with Gasteiger partial charge < -0.3 is 5.73 Å². The Kier molecular flexibility index (Phi) is 3.37. The van der Waals surface area contributed by atoms with E-state index in [-0.39, 0.29) is 5.41 Å². The minimum absolute atomic E-state index is 0.268. The molecule has 0 radical (unpaired) electrons. The number of hydrogen-bond acceptors (Lipinski definition) is 1. The summed E-state index contributed by atoms with van der Waals surface area (Å²) < 4.78 is 0. The Balaban J connectivity index is 3.73. The SMILES string of the molecule is CC(C)C[C@@H](N)C(C)(C)C. The molecule has 0 aliphatic rings. The fraction of sp³-hybridized carbons (Fsp3) is 1.00. The topological polar surface area (TPSA) is 26.0 Å². The van der Waals surface area contributed by atoms with Crippen molar-refractivity contribution < 1.29 is 0 Å². The summed E-state index contributed by atoms with van der Waals surface area (Å²) in [5, 5.41) is 0. The fourth-order valence-corrected chi connectivity index (χ4v) is 0.861. The summed E-state index contributed by atoms with van der Waals surface area (Å²) in [5.74, 6) is 0.717. The minimum Gasteiger partial charge on any atom is -0.327 e. The van der Waals surface area contributed by atoms with Gasteiger partial charge in [0.2, 0.25) is 0 Å². The second-order valence-electron chi connectivity index (χ2n) is 4.60. The molecule has 2 N–H and O–H groups in total. The van der Waals surface area contributed by atoms with Gasteiger partial charge >= 0.3 is 0 Å². The molecule has 0 aromatic carbocycles. The molecule has 0 unspecified atom stereocenters. The predicted molar refractivity (Wildman–Crippen MR) is 46.9 cm³/mol. The van der Waals surface area contributed by atoms with E-state index in [0.717, 1.165) is 6.42 Å². The van der Waals surface area contributed by atoms with Crippen LogP contribution in [0.4, 0.5) is 0 Å². The molecule has 0 fully saturated rings. The van der Waals surface area contributed by atoms with Crippen molar-refractivity contribution in [1.29, 1.82) is 0 Å². The highest BCUT2D eigenvalue weighted by Gasteiger charge is 2.20. The van der Waals surface area contributed by atoms with Gasteiger partial charge in [-0.2, -0.15) is 0 Å². The second kappa shape index (κ2) is 3.38. The van der Waals surface area contributed by atoms with E-state index in [4.69, 9.17) is 5.73 Å². The van der Waals surface area contributed by atoms with Crippen LogP contribution < -0.4 is 5.73 Å². The average Bonchev–Trinajstić information content (AvgIpc) is 1.60. The van der Waals surface area contributed by atoms with Crippen LogP contribution in [0.25, 0.3) is 0 Å². The van der Waals surface area contributed by atoms with E-state index in [9.17, 15) is 0 Å². The maximum atomic E-state index is 5.95. The van der Waals surface area contributed by atoms with Crippen molar-refractivity contribution in [3.8, 4) is 0 Å². The molecule has 0 aliphatic carbocycles. The van der Waals surface area contributed by atoms with E-state index in [0.29, 0.717) is 12.0 Å². The molecule has 1 heteroatoms. The van der Waals surface area contributed by atoms with Gasteiger partial charge in [0.05, 0.1) is 0 Å². The maximum absolute atomic E-state index is 5.95. The molecule has 0 bridgehead atoms. The van der Waals surface area contributed by atoms with E-state index in [1.54, 1.807) is 0 Å². The first kappa shape index (κ1) is 9.96. The van der Waals surface area contributed by atoms with Gasteiger partial charge in [0, 0.05) is 6.04 Å². The molecule has 62 valence electrons. The van der Waals surface area contributed by atoms with Gasteiger partial charge in [0.25, 0.3) is 0 Å². The van der Waals surface area contributed by atoms with Crippen LogP contribution in [-0.4, -0.2) is 6.04 Å². The van der Waals surface area contributed by atoms with Gasteiger partial charge in [-0.15, -0.1) is 0 Å². The highest BCUT2D eigenvalue weighted by molar-refractivity contribution is 4.77. The van der Waals surface area contributed by atoms with E-state index in [1.807, 2.05) is 0 Å². The van der Waals surface area contributed by atoms with Gasteiger partial charge in [-0.3, -0.25) is 0 Å². The third kappa shape index (κ3) is 3.89. The minimum atomic E-state index is 0.268. The Morgan fingerprint density at radius 2 is 1.60 bits per heavy atom. The Morgan fingerprint density at radius 1 is 1.20 bits per heavy atom. The van der Waals surface area contributed by atoms with Gasteiger partial charge in [0.1, 0.15) is 0 Å². The zero-order chi connectivity index (χ0) is 8.36. The van der Waals surface area contributed by atoms with Crippen molar-refractivity contribution >= 4 is 0 Å². The normalized spacial score (nSPS) is 15.9. The van der Waals surface area contributed by atoms with E-state index >= 15 is 0 Å². The van der Waals surface area contributed by atoms with Crippen LogP contribution in [0.3, 0.4) is 0 Å². The summed E-state index contributed by atoms with van der Waals surface area (Å²) in [7, 11) is 0. The molecule has 0 saturated carbocycles. The third-order valence-corrected chi connectivity index (χ3v) is 1.84. The zero-order valence-electron chi connectivity index (χ0n) is 7.94. The molecule has 0 aromatic rings. The molecule has 0 heterocycles. The first-order valence-corrected chi connectivity index (χ1v) is 4.09. The van der Waals surface area contributed by atoms with Crippen molar-refractivity contribution in [3.05, 3.63) is 0 Å². The van der Waals surface area contributed by atoms with Crippen LogP contribution in [0.15, 0.2) is 0 Å². The van der Waals surface area contributed by atoms with Crippen molar-refractivity contribution in [2.24, 2.45) is 17.1 Å². The second-order valence-corrected chi connectivity index (χ2v) is 4.60. The van der Waals surface area contributed by atoms with Crippen LogP contribution in [0.1, 0.15) is 41.0 Å². The van der Waals surface area contributed by atoms with Crippen LogP contribution in [0.2, 0.25) is 0 Å². The Morgan fingerprint density at radius 3 is 1.70 bits per heavy atom. The number of hydrogen-bond donors (Lipinski definition) is 1. The summed E-state index contributed by atoms with van der Waals surface area (Å²) in [4.78, 5) is 0. The zero-order valence-corrected chi connectivity index (χ0v) is 7.94. The highest BCUT2D eigenvalue weighted by Crippen LogP contribution is 2.22. The fourth-order valence-electron chi connectivity index (χ4n) is 0.861. The molecule has 10 heavy (non-hydrogen) atoms. The molecule has 0 aliphatic heterocycles. The lowest BCUT2D eigenvalue weighted by molar-refractivity contribution is 0.281. The molecule has 1 atom stereocenters. The van der Waals surface area contributed by atoms with Gasteiger partial charge in [-0.25, -0.2) is 0 Å². The molecular weight excluding hydrogens is 122 g/mol. The van der Waals surface area contributed by atoms with Crippen molar-refractivity contribution in [2.45, 2.75) is 47.1 Å². The van der Waals surface area contributed by atoms with Crippen LogP contribution in [0, 0.1) is 11.3 Å². The van der Waals surface area contributed by atoms with Crippen LogP contribution in [-0.2, 0) is 0 Å². The average molecular weight is 143 g/mol. The molecule has 0 spiro atoms. The van der Waals surface area contributed by atoms with E-state index in [1.165, 1.54) is 0 Å². The lowest BCUT2D eigenvalue weighted by atomic mass is 9.83. The molecule has 0 amide bonds. The maximum Gasteiger partial charge on any atom is 0.00900 e. The van der Waals surface area contributed by atoms with Crippen molar-refractivity contribution in [1.82, 2.24) is 0 Å². The smallest absolute Gasteiger partial charge is 0.00900 e. The molecule has 0 rings (SSSR count). The monoisotopic (exact) mass is 143 g/mol. The van der Waals surface area contributed by atoms with E-state index in [2.05, 4.69) is 34.6 Å². The predicted octanol–water partition coefficient (Wildman–Crippen LogP) is 2.41. The summed E-state index contributed by atoms with van der Waals surface area (Å²) in [6, 6.07) is 0.340. The summed E-state index contributed by atoms with van der Waals surface area (Å²) in [6.07, 6.45) is 1.13. The van der Waals surface area contributed by atoms with Crippen LogP contribution in [0.5, 0.6) is 0 Å². The van der Waals surface area contributed by atoms with Gasteiger partial charge in [0.15, 0.2) is 0 Å². The van der Waals surface area contributed by atoms with Crippen LogP contribution >= 0.6 is 0 Å². The van der Waals surface area contributed by atoms with Crippen molar-refractivity contribution in [2.75, 3.05) is 0 Å². The lowest BCUT2D eigenvalue weighted by Gasteiger charge is -2.28. The standard InChI is InChI=1S/C9H21N/c1-7(2)6-8(10)9(3,4)5/h7-8H,6,10H2,1-5H3/t8-/m1/s1. The summed E-state index contributed by atoms with van der Waals surface area (Å²) in [6.45, 7) is 11.0. The third-order valence-electron chi connectivity index (χ3n) is 1.84. The summed E-state index contributed by atoms with van der Waals surface area (Å²) in [5.41, 5.74) is 6.22. The van der Waals surface area contributed by atoms with E-state index < -0.39 is 0 Å². The lowest BCUT2D eigenvalue weighted by Crippen LogP contribution is -2.36. The van der Waals surface area contributed by atoms with Crippen molar-refractivity contribution in [3.63, 3.8) is 0 Å². The highest BCUT2D eigenvalue weighted by atomic mass is 14.7. The van der Waals surface area contributed by atoms with Gasteiger partial charge in [-0.05, 0) is 17.8 Å². The molecule has 1 nitrogen and oxygen atoms in total. The number of nitrogens with two attached hydrogens (primary N) is 1. The molecule has 0 saturated heterocycles. The summed E-state index contributed by atoms with van der Waals surface area (Å²) >= 11 is 0. The quantitative estimate of drug-likeness (QED) is 0.631. The first-order valence-electron chi connectivity index (χ1n) is 4.09. The first-order chi connectivity index (χ1) is 4.34. The Labute approximate surface area is 65.0 Å². The van der Waals surface area contributed by atoms with Gasteiger partial charge in [-0.1, -0.05) is 34.6 Å². The largest absolute Gasteiger partial charge is 0.327 e. The Bertz CT molecular complexity index is 89.4. The molecule has 0 aromatic heterocycles. The molecular formula is C9H21N. The Hall–Kier alpha value is -0.0400.